The third-order valence-corrected chi connectivity index (χ3v) is 5.91. The molecule has 2 heterocycles. The van der Waals surface area contributed by atoms with Crippen LogP contribution in [0.4, 0.5) is 0 Å². The minimum atomic E-state index is 0.197. The zero-order valence-corrected chi connectivity index (χ0v) is 15.4. The second kappa shape index (κ2) is 6.77. The highest BCUT2D eigenvalue weighted by molar-refractivity contribution is 8.00. The first-order valence-corrected chi connectivity index (χ1v) is 9.38. The molecule has 0 aliphatic carbocycles. The minimum absolute atomic E-state index is 0.197. The number of ether oxygens (including phenoxy) is 1. The van der Waals surface area contributed by atoms with E-state index in [9.17, 15) is 0 Å². The lowest BCUT2D eigenvalue weighted by Gasteiger charge is -2.46. The van der Waals surface area contributed by atoms with E-state index in [4.69, 9.17) is 4.74 Å². The summed E-state index contributed by atoms with van der Waals surface area (Å²) in [7, 11) is 0. The van der Waals surface area contributed by atoms with Crippen molar-refractivity contribution in [2.75, 3.05) is 45.1 Å². The molecule has 1 N–H and O–H groups in total. The quantitative estimate of drug-likeness (QED) is 0.862. The SMILES string of the molecule is CC(C)(C)NCC1(CN2CCSC(C)(C)C2)CCOCC1. The molecule has 0 atom stereocenters. The van der Waals surface area contributed by atoms with Crippen molar-refractivity contribution in [2.24, 2.45) is 5.41 Å². The van der Waals surface area contributed by atoms with Crippen molar-refractivity contribution in [3.8, 4) is 0 Å². The second-order valence-corrected chi connectivity index (χ2v) is 10.3. The summed E-state index contributed by atoms with van der Waals surface area (Å²) in [5.74, 6) is 1.27. The molecule has 0 amide bonds. The van der Waals surface area contributed by atoms with Crippen molar-refractivity contribution < 1.29 is 4.74 Å². The predicted molar refractivity (Wildman–Crippen MR) is 93.2 cm³/mol. The van der Waals surface area contributed by atoms with Crippen LogP contribution >= 0.6 is 11.8 Å². The van der Waals surface area contributed by atoms with E-state index in [1.807, 2.05) is 0 Å². The van der Waals surface area contributed by atoms with Crippen LogP contribution in [0.1, 0.15) is 47.5 Å². The maximum atomic E-state index is 5.64. The van der Waals surface area contributed by atoms with Gasteiger partial charge in [-0.05, 0) is 52.9 Å². The molecule has 0 unspecified atom stereocenters. The smallest absolute Gasteiger partial charge is 0.0472 e. The van der Waals surface area contributed by atoms with E-state index < -0.39 is 0 Å². The summed E-state index contributed by atoms with van der Waals surface area (Å²) in [4.78, 5) is 2.70. The largest absolute Gasteiger partial charge is 0.381 e. The van der Waals surface area contributed by atoms with Crippen LogP contribution < -0.4 is 5.32 Å². The Morgan fingerprint density at radius 1 is 1.19 bits per heavy atom. The highest BCUT2D eigenvalue weighted by Crippen LogP contribution is 2.35. The molecule has 0 aromatic rings. The van der Waals surface area contributed by atoms with Crippen molar-refractivity contribution in [3.05, 3.63) is 0 Å². The molecule has 2 aliphatic rings. The molecular formula is C17H34N2OS. The maximum absolute atomic E-state index is 5.64. The van der Waals surface area contributed by atoms with Crippen LogP contribution in [-0.4, -0.2) is 60.3 Å². The highest BCUT2D eigenvalue weighted by atomic mass is 32.2. The first kappa shape index (κ1) is 17.6. The summed E-state index contributed by atoms with van der Waals surface area (Å²) in [5, 5.41) is 3.76. The summed E-state index contributed by atoms with van der Waals surface area (Å²) in [6.07, 6.45) is 2.39. The Labute approximate surface area is 135 Å². The fourth-order valence-corrected chi connectivity index (χ4v) is 4.55. The van der Waals surface area contributed by atoms with Crippen LogP contribution in [0.25, 0.3) is 0 Å². The molecule has 2 rings (SSSR count). The molecule has 0 saturated carbocycles. The molecule has 0 bridgehead atoms. The number of nitrogens with zero attached hydrogens (tertiary/aromatic N) is 1. The van der Waals surface area contributed by atoms with E-state index in [1.54, 1.807) is 0 Å². The Bertz CT molecular complexity index is 332. The molecule has 0 aromatic heterocycles. The van der Waals surface area contributed by atoms with Crippen molar-refractivity contribution >= 4 is 11.8 Å². The average Bonchev–Trinajstić information content (AvgIpc) is 2.36. The lowest BCUT2D eigenvalue weighted by atomic mass is 9.78. The van der Waals surface area contributed by atoms with E-state index in [2.05, 4.69) is 56.6 Å². The third-order valence-electron chi connectivity index (χ3n) is 4.61. The van der Waals surface area contributed by atoms with Gasteiger partial charge >= 0.3 is 0 Å². The number of hydrogen-bond donors (Lipinski definition) is 1. The number of hydrogen-bond acceptors (Lipinski definition) is 4. The first-order chi connectivity index (χ1) is 9.70. The van der Waals surface area contributed by atoms with E-state index in [0.29, 0.717) is 10.2 Å². The summed E-state index contributed by atoms with van der Waals surface area (Å²) < 4.78 is 6.04. The number of thioether (sulfide) groups is 1. The molecule has 4 heteroatoms. The Morgan fingerprint density at radius 3 is 2.43 bits per heavy atom. The fourth-order valence-electron chi connectivity index (χ4n) is 3.37. The second-order valence-electron chi connectivity index (χ2n) is 8.53. The van der Waals surface area contributed by atoms with Gasteiger partial charge in [0.05, 0.1) is 0 Å². The fraction of sp³-hybridized carbons (Fsp3) is 1.00. The van der Waals surface area contributed by atoms with Gasteiger partial charge in [-0.15, -0.1) is 0 Å². The van der Waals surface area contributed by atoms with Crippen LogP contribution in [0.5, 0.6) is 0 Å². The minimum Gasteiger partial charge on any atom is -0.381 e. The van der Waals surface area contributed by atoms with Gasteiger partial charge in [0.2, 0.25) is 0 Å². The van der Waals surface area contributed by atoms with E-state index >= 15 is 0 Å². The van der Waals surface area contributed by atoms with Gasteiger partial charge in [0.25, 0.3) is 0 Å². The molecular weight excluding hydrogens is 280 g/mol. The van der Waals surface area contributed by atoms with Crippen molar-refractivity contribution in [1.29, 1.82) is 0 Å². The zero-order valence-electron chi connectivity index (χ0n) is 14.6. The van der Waals surface area contributed by atoms with Crippen LogP contribution in [-0.2, 0) is 4.74 Å². The Hall–Kier alpha value is 0.230. The Balaban J connectivity index is 1.98. The third kappa shape index (κ3) is 5.74. The van der Waals surface area contributed by atoms with E-state index in [0.717, 1.165) is 19.8 Å². The lowest BCUT2D eigenvalue weighted by molar-refractivity contribution is -0.00767. The van der Waals surface area contributed by atoms with Gasteiger partial charge in [-0.1, -0.05) is 0 Å². The van der Waals surface area contributed by atoms with Gasteiger partial charge in [0.1, 0.15) is 0 Å². The first-order valence-electron chi connectivity index (χ1n) is 8.39. The molecule has 0 radical (unpaired) electrons. The maximum Gasteiger partial charge on any atom is 0.0472 e. The monoisotopic (exact) mass is 314 g/mol. The molecule has 2 saturated heterocycles. The van der Waals surface area contributed by atoms with Crippen LogP contribution in [0.3, 0.4) is 0 Å². The van der Waals surface area contributed by atoms with Gasteiger partial charge in [0, 0.05) is 55.4 Å². The topological polar surface area (TPSA) is 24.5 Å². The summed E-state index contributed by atoms with van der Waals surface area (Å²) in [5.41, 5.74) is 0.589. The Morgan fingerprint density at radius 2 is 1.86 bits per heavy atom. The summed E-state index contributed by atoms with van der Waals surface area (Å²) in [6.45, 7) is 18.2. The van der Waals surface area contributed by atoms with Crippen molar-refractivity contribution in [3.63, 3.8) is 0 Å². The van der Waals surface area contributed by atoms with Crippen LogP contribution in [0.2, 0.25) is 0 Å². The van der Waals surface area contributed by atoms with Gasteiger partial charge in [0.15, 0.2) is 0 Å². The predicted octanol–water partition coefficient (Wildman–Crippen LogP) is 3.00. The molecule has 21 heavy (non-hydrogen) atoms. The van der Waals surface area contributed by atoms with Gasteiger partial charge < -0.3 is 15.0 Å². The summed E-state index contributed by atoms with van der Waals surface area (Å²) >= 11 is 2.12. The number of rotatable bonds is 4. The summed E-state index contributed by atoms with van der Waals surface area (Å²) in [6, 6.07) is 0. The molecule has 3 nitrogen and oxygen atoms in total. The molecule has 124 valence electrons. The van der Waals surface area contributed by atoms with Crippen LogP contribution in [0, 0.1) is 5.41 Å². The molecule has 0 spiro atoms. The zero-order chi connectivity index (χ0) is 15.6. The average molecular weight is 315 g/mol. The molecule has 0 aromatic carbocycles. The normalized spacial score (nSPS) is 26.7. The highest BCUT2D eigenvalue weighted by Gasteiger charge is 2.37. The van der Waals surface area contributed by atoms with E-state index in [-0.39, 0.29) is 5.54 Å². The van der Waals surface area contributed by atoms with Gasteiger partial charge in [-0.3, -0.25) is 0 Å². The Kier molecular flexibility index (Phi) is 5.67. The van der Waals surface area contributed by atoms with Crippen molar-refractivity contribution in [2.45, 2.75) is 57.7 Å². The lowest BCUT2D eigenvalue weighted by Crippen LogP contribution is -2.54. The molecule has 2 aliphatic heterocycles. The van der Waals surface area contributed by atoms with Gasteiger partial charge in [-0.2, -0.15) is 11.8 Å². The van der Waals surface area contributed by atoms with Gasteiger partial charge in [-0.25, -0.2) is 0 Å². The standard InChI is InChI=1S/C17H34N2OS/c1-15(2,3)18-12-17(6-9-20-10-7-17)14-19-8-11-21-16(4,5)13-19/h18H,6-14H2,1-5H3. The van der Waals surface area contributed by atoms with Crippen molar-refractivity contribution in [1.82, 2.24) is 10.2 Å². The van der Waals surface area contributed by atoms with E-state index in [1.165, 1.54) is 38.2 Å². The number of nitrogens with one attached hydrogen (secondary N) is 1. The molecule has 2 fully saturated rings. The van der Waals surface area contributed by atoms with Crippen LogP contribution in [0.15, 0.2) is 0 Å².